The average molecular weight is 633 g/mol. The van der Waals surface area contributed by atoms with Crippen LogP contribution in [-0.2, 0) is 22.4 Å². The number of unbranched alkanes of at least 4 members (excludes halogenated alkanes) is 6. The smallest absolute Gasteiger partial charge is 0.170 e. The Labute approximate surface area is 270 Å². The third-order valence-electron chi connectivity index (χ3n) is 8.99. The first kappa shape index (κ1) is 34.9. The molecule has 4 rings (SSSR count). The summed E-state index contributed by atoms with van der Waals surface area (Å²) < 4.78 is 5.54. The van der Waals surface area contributed by atoms with Crippen molar-refractivity contribution >= 4 is 23.5 Å². The Hall–Kier alpha value is -3.99. The second kappa shape index (κ2) is 16.5. The molecule has 0 spiro atoms. The number of aryl methyl sites for hydroxylation is 1. The molecule has 10 nitrogen and oxygen atoms in total. The molecule has 0 fully saturated rings. The third-order valence-corrected chi connectivity index (χ3v) is 8.99. The highest BCUT2D eigenvalue weighted by molar-refractivity contribution is 6.05. The molecule has 0 saturated carbocycles. The summed E-state index contributed by atoms with van der Waals surface area (Å²) in [6.07, 6.45) is 12.3. The maximum Gasteiger partial charge on any atom is 0.170 e. The van der Waals surface area contributed by atoms with Crippen molar-refractivity contribution in [2.75, 3.05) is 26.1 Å². The van der Waals surface area contributed by atoms with Crippen LogP contribution in [0.3, 0.4) is 0 Å². The molecular weight excluding hydrogens is 586 g/mol. The van der Waals surface area contributed by atoms with Crippen molar-refractivity contribution in [1.82, 2.24) is 9.97 Å². The van der Waals surface area contributed by atoms with Gasteiger partial charge in [0.25, 0.3) is 0 Å². The number of fused-ring (bicyclic) bond motifs is 1. The minimum Gasteiger partial charge on any atom is -0.668 e. The summed E-state index contributed by atoms with van der Waals surface area (Å²) in [4.78, 5) is 34.1. The van der Waals surface area contributed by atoms with Gasteiger partial charge in [-0.05, 0) is 48.9 Å². The molecule has 10 heteroatoms. The number of carbonyl (C=O) groups excluding carboxylic acids is 2. The number of aliphatic hydroxyl groups excluding tert-OH is 3. The van der Waals surface area contributed by atoms with E-state index in [9.17, 15) is 24.9 Å². The molecule has 1 aromatic carbocycles. The minimum absolute atomic E-state index is 0.0776. The molecule has 248 valence electrons. The Morgan fingerprint density at radius 2 is 1.74 bits per heavy atom. The molecule has 3 unspecified atom stereocenters. The molecular formula is C36H46N3O7-. The van der Waals surface area contributed by atoms with E-state index in [1.807, 2.05) is 30.4 Å². The van der Waals surface area contributed by atoms with E-state index in [0.717, 1.165) is 49.8 Å². The molecule has 2 heterocycles. The maximum absolute atomic E-state index is 12.9. The Morgan fingerprint density at radius 1 is 1.02 bits per heavy atom. The van der Waals surface area contributed by atoms with E-state index in [2.05, 4.69) is 9.97 Å². The number of Topliss-reactive ketones (excluding diaryl/α,β-unsaturated/α-hetero) is 2. The normalized spacial score (nSPS) is 17.9. The molecule has 3 aromatic rings. The van der Waals surface area contributed by atoms with Gasteiger partial charge in [-0.25, -0.2) is 4.98 Å². The van der Waals surface area contributed by atoms with Gasteiger partial charge in [0.05, 0.1) is 13.7 Å². The van der Waals surface area contributed by atoms with Crippen molar-refractivity contribution in [3.8, 4) is 11.5 Å². The lowest BCUT2D eigenvalue weighted by Crippen LogP contribution is -2.37. The summed E-state index contributed by atoms with van der Waals surface area (Å²) in [7, 11) is 1.44. The molecule has 0 saturated heterocycles. The van der Waals surface area contributed by atoms with Gasteiger partial charge in [0, 0.05) is 48.1 Å². The average Bonchev–Trinajstić information content (AvgIpc) is 3.57. The number of carbonyl (C=O) groups is 2. The minimum atomic E-state index is -1.67. The first-order valence-corrected chi connectivity index (χ1v) is 16.1. The molecule has 0 amide bonds. The molecule has 1 aliphatic rings. The Kier molecular flexibility index (Phi) is 12.5. The van der Waals surface area contributed by atoms with Crippen LogP contribution >= 0.6 is 0 Å². The number of aliphatic hydroxyl groups is 3. The van der Waals surface area contributed by atoms with Gasteiger partial charge in [-0.2, -0.15) is 11.9 Å². The van der Waals surface area contributed by atoms with Gasteiger partial charge < -0.3 is 35.9 Å². The predicted octanol–water partition coefficient (Wildman–Crippen LogP) is 4.26. The van der Waals surface area contributed by atoms with Crippen molar-refractivity contribution in [2.24, 2.45) is 5.41 Å². The molecule has 1 aliphatic carbocycles. The van der Waals surface area contributed by atoms with E-state index in [0.29, 0.717) is 35.3 Å². The van der Waals surface area contributed by atoms with Crippen LogP contribution < -0.4 is 15.5 Å². The zero-order chi connectivity index (χ0) is 33.1. The molecule has 2 aromatic heterocycles. The lowest BCUT2D eigenvalue weighted by molar-refractivity contribution is -0.138. The number of methoxy groups -OCH3 is 1. The SMILES string of the molecule is COc1cc(CCC(=O)C(O)C(=O)CCCCCCCCCO)cc(C2c3ccnc(N)c3C=CC2(CO)Cc2ccc[n-]2)c1O. The van der Waals surface area contributed by atoms with Crippen LogP contribution in [0.5, 0.6) is 11.5 Å². The van der Waals surface area contributed by atoms with Crippen LogP contribution in [0.25, 0.3) is 6.08 Å². The first-order valence-electron chi connectivity index (χ1n) is 16.1. The summed E-state index contributed by atoms with van der Waals surface area (Å²) in [6, 6.07) is 8.96. The fourth-order valence-electron chi connectivity index (χ4n) is 6.43. The number of aromatic nitrogens is 2. The number of rotatable bonds is 19. The van der Waals surface area contributed by atoms with E-state index in [4.69, 9.17) is 15.6 Å². The van der Waals surface area contributed by atoms with E-state index in [1.165, 1.54) is 7.11 Å². The van der Waals surface area contributed by atoms with Gasteiger partial charge in [0.15, 0.2) is 29.2 Å². The highest BCUT2D eigenvalue weighted by atomic mass is 16.5. The van der Waals surface area contributed by atoms with Crippen molar-refractivity contribution < 1.29 is 34.8 Å². The van der Waals surface area contributed by atoms with Gasteiger partial charge in [-0.1, -0.05) is 62.5 Å². The number of nitrogen functional groups attached to an aromatic ring is 1. The predicted molar refractivity (Wildman–Crippen MR) is 176 cm³/mol. The summed E-state index contributed by atoms with van der Waals surface area (Å²) in [5.41, 5.74) is 8.73. The molecule has 0 bridgehead atoms. The topological polar surface area (TPSA) is 177 Å². The second-order valence-corrected chi connectivity index (χ2v) is 12.2. The number of phenols is 1. The van der Waals surface area contributed by atoms with Gasteiger partial charge in [-0.3, -0.25) is 9.59 Å². The zero-order valence-electron chi connectivity index (χ0n) is 26.5. The number of aromatic hydroxyl groups is 1. The number of ether oxygens (including phenoxy) is 1. The number of pyridine rings is 1. The van der Waals surface area contributed by atoms with Crippen LogP contribution in [-0.4, -0.2) is 63.4 Å². The van der Waals surface area contributed by atoms with E-state index in [1.54, 1.807) is 24.5 Å². The van der Waals surface area contributed by atoms with Gasteiger partial charge in [0.2, 0.25) is 0 Å². The number of ketones is 2. The van der Waals surface area contributed by atoms with Crippen LogP contribution in [0.4, 0.5) is 5.82 Å². The largest absolute Gasteiger partial charge is 0.668 e. The van der Waals surface area contributed by atoms with Crippen LogP contribution in [0.2, 0.25) is 0 Å². The van der Waals surface area contributed by atoms with Crippen molar-refractivity contribution in [3.05, 3.63) is 76.7 Å². The fourth-order valence-corrected chi connectivity index (χ4v) is 6.43. The fraction of sp³-hybridized carbons (Fsp3) is 0.472. The maximum atomic E-state index is 12.9. The highest BCUT2D eigenvalue weighted by Gasteiger charge is 2.43. The van der Waals surface area contributed by atoms with Crippen LogP contribution in [0, 0.1) is 5.41 Å². The molecule has 0 radical (unpaired) electrons. The monoisotopic (exact) mass is 632 g/mol. The number of hydrogen-bond acceptors (Lipinski definition) is 9. The van der Waals surface area contributed by atoms with E-state index >= 15 is 0 Å². The molecule has 6 N–H and O–H groups in total. The summed E-state index contributed by atoms with van der Waals surface area (Å²) in [5.74, 6) is -1.19. The number of nitrogens with zero attached hydrogens (tertiary/aromatic N) is 2. The lowest BCUT2D eigenvalue weighted by Gasteiger charge is -2.42. The Bertz CT molecular complexity index is 1490. The second-order valence-electron chi connectivity index (χ2n) is 12.2. The Morgan fingerprint density at radius 3 is 2.41 bits per heavy atom. The zero-order valence-corrected chi connectivity index (χ0v) is 26.5. The quantitative estimate of drug-likeness (QED) is 0.0948. The van der Waals surface area contributed by atoms with Crippen molar-refractivity contribution in [3.63, 3.8) is 0 Å². The molecule has 0 aliphatic heterocycles. The van der Waals surface area contributed by atoms with E-state index < -0.39 is 29.0 Å². The molecule has 46 heavy (non-hydrogen) atoms. The number of benzene rings is 1. The van der Waals surface area contributed by atoms with Gasteiger partial charge in [0.1, 0.15) is 5.82 Å². The number of nitrogens with two attached hydrogens (primary N) is 1. The summed E-state index contributed by atoms with van der Waals surface area (Å²) >= 11 is 0. The Balaban J connectivity index is 1.52. The lowest BCUT2D eigenvalue weighted by atomic mass is 9.63. The number of anilines is 1. The molecule has 3 atom stereocenters. The summed E-state index contributed by atoms with van der Waals surface area (Å²) in [6.45, 7) is -0.0505. The highest BCUT2D eigenvalue weighted by Crippen LogP contribution is 2.53. The standard InChI is InChI=1S/C36H46N3O7/c1-46-31-21-24(12-13-30(43)34(45)29(42)11-7-5-3-2-4-6-8-19-40)20-28(33(31)44)32-26-15-18-39-35(37)27(26)14-16-36(32,23-41)22-25-10-9-17-38-25/h9-10,14-18,20-21,32,34,40-41,44-45H,2-8,11-13,19,22-23H2,1H3,(H2,37,39)/q-1. The summed E-state index contributed by atoms with van der Waals surface area (Å²) in [5, 5.41) is 41.7. The van der Waals surface area contributed by atoms with Crippen molar-refractivity contribution in [2.45, 2.75) is 82.7 Å². The van der Waals surface area contributed by atoms with E-state index in [-0.39, 0.29) is 44.0 Å². The number of hydrogen-bond donors (Lipinski definition) is 5. The van der Waals surface area contributed by atoms with Crippen LogP contribution in [0.15, 0.2) is 48.8 Å². The van der Waals surface area contributed by atoms with Crippen molar-refractivity contribution in [1.29, 1.82) is 0 Å². The third kappa shape index (κ3) is 8.23. The van der Waals surface area contributed by atoms with Crippen LogP contribution in [0.1, 0.15) is 91.7 Å². The number of phenolic OH excluding ortho intramolecular Hbond substituents is 1. The van der Waals surface area contributed by atoms with Gasteiger partial charge >= 0.3 is 0 Å². The van der Waals surface area contributed by atoms with Gasteiger partial charge in [-0.15, -0.1) is 0 Å². The first-order chi connectivity index (χ1) is 22.2.